The Morgan fingerprint density at radius 3 is 2.51 bits per heavy atom. The van der Waals surface area contributed by atoms with E-state index in [1.165, 1.54) is 5.01 Å². The van der Waals surface area contributed by atoms with E-state index in [0.29, 0.717) is 28.0 Å². The molecule has 1 atom stereocenters. The SMILES string of the molecule is CC1(C=O)OC(c2[nH]c3cc(Cl)ccc3c2-c2c(-c3ccccc3)ncn2Cc2ccc(Cl)cc2)=NN1c1cccnc1. The zero-order valence-electron chi connectivity index (χ0n) is 22.9. The quantitative estimate of drug-likeness (QED) is 0.189. The van der Waals surface area contributed by atoms with Crippen LogP contribution in [0.3, 0.4) is 0 Å². The number of fused-ring (bicyclic) bond motifs is 1. The summed E-state index contributed by atoms with van der Waals surface area (Å²) >= 11 is 12.6. The van der Waals surface area contributed by atoms with E-state index in [2.05, 4.69) is 14.5 Å². The number of hydrazone groups is 1. The minimum atomic E-state index is -1.39. The van der Waals surface area contributed by atoms with E-state index in [1.807, 2.05) is 85.2 Å². The molecule has 0 bridgehead atoms. The number of nitrogens with zero attached hydrogens (tertiary/aromatic N) is 5. The van der Waals surface area contributed by atoms with E-state index in [1.54, 1.807) is 25.4 Å². The van der Waals surface area contributed by atoms with Crippen LogP contribution < -0.4 is 5.01 Å². The number of anilines is 1. The summed E-state index contributed by atoms with van der Waals surface area (Å²) in [5, 5.41) is 8.49. The lowest BCUT2D eigenvalue weighted by molar-refractivity contribution is -0.119. The van der Waals surface area contributed by atoms with Crippen molar-refractivity contribution in [2.45, 2.75) is 19.2 Å². The first-order valence-electron chi connectivity index (χ1n) is 13.5. The first-order valence-corrected chi connectivity index (χ1v) is 14.3. The summed E-state index contributed by atoms with van der Waals surface area (Å²) in [6, 6.07) is 27.0. The van der Waals surface area contributed by atoms with Crippen LogP contribution in [0, 0.1) is 0 Å². The van der Waals surface area contributed by atoms with Crippen LogP contribution in [0.1, 0.15) is 18.2 Å². The molecule has 212 valence electrons. The van der Waals surface area contributed by atoms with Gasteiger partial charge in [0.2, 0.25) is 0 Å². The number of aromatic amines is 1. The number of pyridine rings is 1. The summed E-state index contributed by atoms with van der Waals surface area (Å²) in [7, 11) is 0. The Bertz CT molecular complexity index is 1990. The highest BCUT2D eigenvalue weighted by Gasteiger charge is 2.43. The van der Waals surface area contributed by atoms with Gasteiger partial charge in [-0.3, -0.25) is 9.78 Å². The van der Waals surface area contributed by atoms with Crippen LogP contribution in [0.25, 0.3) is 33.4 Å². The molecule has 7 rings (SSSR count). The van der Waals surface area contributed by atoms with Crippen molar-refractivity contribution in [2.75, 3.05) is 5.01 Å². The number of benzene rings is 3. The van der Waals surface area contributed by atoms with Gasteiger partial charge in [0.05, 0.1) is 29.6 Å². The number of nitrogens with one attached hydrogen (secondary N) is 1. The molecule has 3 aromatic carbocycles. The van der Waals surface area contributed by atoms with Gasteiger partial charge in [-0.05, 0) is 42.0 Å². The zero-order chi connectivity index (χ0) is 29.6. The predicted octanol–water partition coefficient (Wildman–Crippen LogP) is 7.56. The van der Waals surface area contributed by atoms with Crippen molar-refractivity contribution >= 4 is 52.0 Å². The smallest absolute Gasteiger partial charge is 0.258 e. The topological polar surface area (TPSA) is 88.4 Å². The Morgan fingerprint density at radius 1 is 0.977 bits per heavy atom. The summed E-state index contributed by atoms with van der Waals surface area (Å²) in [5.41, 5.74) is 5.06. The molecule has 1 aliphatic heterocycles. The molecule has 0 saturated carbocycles. The van der Waals surface area contributed by atoms with Crippen molar-refractivity contribution in [1.29, 1.82) is 0 Å². The number of hydrogen-bond acceptors (Lipinski definition) is 6. The molecule has 0 radical (unpaired) electrons. The standard InChI is InChI=1S/C33H24Cl2N6O2/c1-33(19-42)41(25-8-5-15-36-17-25)39-32(43-33)30-28(26-14-13-24(35)16-27(26)38-30)31-29(22-6-3-2-4-7-22)37-20-40(31)18-21-9-11-23(34)12-10-21/h2-17,19-20,38H,18H2,1H3. The minimum Gasteiger partial charge on any atom is -0.439 e. The maximum atomic E-state index is 12.4. The number of hydrogen-bond donors (Lipinski definition) is 1. The third kappa shape index (κ3) is 4.84. The molecule has 1 unspecified atom stereocenters. The third-order valence-electron chi connectivity index (χ3n) is 7.39. The average molecular weight is 608 g/mol. The first kappa shape index (κ1) is 26.9. The van der Waals surface area contributed by atoms with Crippen molar-refractivity contribution < 1.29 is 9.53 Å². The fourth-order valence-electron chi connectivity index (χ4n) is 5.35. The second-order valence-electron chi connectivity index (χ2n) is 10.3. The largest absolute Gasteiger partial charge is 0.439 e. The van der Waals surface area contributed by atoms with Gasteiger partial charge >= 0.3 is 0 Å². The number of imidazole rings is 1. The number of ether oxygens (including phenoxy) is 1. The highest BCUT2D eigenvalue weighted by molar-refractivity contribution is 6.31. The maximum absolute atomic E-state index is 12.4. The minimum absolute atomic E-state index is 0.249. The first-order chi connectivity index (χ1) is 20.9. The number of H-pyrrole nitrogens is 1. The second kappa shape index (κ2) is 10.7. The normalized spacial score (nSPS) is 16.3. The number of carbonyl (C=O) groups is 1. The second-order valence-corrected chi connectivity index (χ2v) is 11.2. The lowest BCUT2D eigenvalue weighted by atomic mass is 10.0. The summed E-state index contributed by atoms with van der Waals surface area (Å²) in [4.78, 5) is 25.0. The van der Waals surface area contributed by atoms with Crippen LogP contribution in [0.4, 0.5) is 5.69 Å². The van der Waals surface area contributed by atoms with Crippen LogP contribution >= 0.6 is 23.2 Å². The van der Waals surface area contributed by atoms with Crippen LogP contribution in [0.5, 0.6) is 0 Å². The predicted molar refractivity (Wildman–Crippen MR) is 169 cm³/mol. The summed E-state index contributed by atoms with van der Waals surface area (Å²) in [5.74, 6) is 0.249. The van der Waals surface area contributed by atoms with Crippen molar-refractivity contribution in [3.05, 3.63) is 125 Å². The molecule has 8 nitrogen and oxygen atoms in total. The molecule has 43 heavy (non-hydrogen) atoms. The third-order valence-corrected chi connectivity index (χ3v) is 7.87. The number of rotatable bonds is 7. The molecule has 1 N–H and O–H groups in total. The maximum Gasteiger partial charge on any atom is 0.258 e. The van der Waals surface area contributed by atoms with E-state index in [0.717, 1.165) is 45.3 Å². The monoisotopic (exact) mass is 606 g/mol. The van der Waals surface area contributed by atoms with E-state index in [-0.39, 0.29) is 5.90 Å². The fourth-order valence-corrected chi connectivity index (χ4v) is 5.65. The van der Waals surface area contributed by atoms with Gasteiger partial charge < -0.3 is 14.3 Å². The Hall–Kier alpha value is -4.92. The molecule has 1 aliphatic rings. The van der Waals surface area contributed by atoms with Gasteiger partial charge in [-0.2, -0.15) is 0 Å². The van der Waals surface area contributed by atoms with Gasteiger partial charge in [-0.25, -0.2) is 9.99 Å². The molecule has 0 fully saturated rings. The van der Waals surface area contributed by atoms with E-state index in [9.17, 15) is 4.79 Å². The van der Waals surface area contributed by atoms with Crippen molar-refractivity contribution in [1.82, 2.24) is 19.5 Å². The zero-order valence-corrected chi connectivity index (χ0v) is 24.4. The molecule has 10 heteroatoms. The molecule has 0 saturated heterocycles. The van der Waals surface area contributed by atoms with Gasteiger partial charge in [0.1, 0.15) is 5.69 Å². The molecular weight excluding hydrogens is 583 g/mol. The number of aromatic nitrogens is 4. The van der Waals surface area contributed by atoms with E-state index >= 15 is 0 Å². The molecule has 0 amide bonds. The average Bonchev–Trinajstić information content (AvgIpc) is 3.72. The van der Waals surface area contributed by atoms with Gasteiger partial charge in [-0.15, -0.1) is 5.10 Å². The highest BCUT2D eigenvalue weighted by Crippen LogP contribution is 2.42. The summed E-state index contributed by atoms with van der Waals surface area (Å²) in [6.45, 7) is 2.20. The lowest BCUT2D eigenvalue weighted by Gasteiger charge is -2.26. The van der Waals surface area contributed by atoms with Crippen molar-refractivity contribution in [2.24, 2.45) is 5.10 Å². The molecule has 0 spiro atoms. The van der Waals surface area contributed by atoms with Gasteiger partial charge in [-0.1, -0.05) is 71.7 Å². The molecule has 6 aromatic rings. The molecule has 0 aliphatic carbocycles. The number of aldehydes is 1. The Labute approximate surface area is 257 Å². The number of carbonyl (C=O) groups excluding carboxylic acids is 1. The summed E-state index contributed by atoms with van der Waals surface area (Å²) < 4.78 is 8.43. The fraction of sp³-hybridized carbons (Fsp3) is 0.0909. The van der Waals surface area contributed by atoms with Gasteiger partial charge in [0, 0.05) is 51.7 Å². The van der Waals surface area contributed by atoms with Crippen LogP contribution in [-0.4, -0.2) is 37.4 Å². The lowest BCUT2D eigenvalue weighted by Crippen LogP contribution is -2.43. The van der Waals surface area contributed by atoms with Crippen LogP contribution in [0.2, 0.25) is 10.0 Å². The van der Waals surface area contributed by atoms with Crippen LogP contribution in [-0.2, 0) is 16.1 Å². The Balaban J connectivity index is 1.48. The number of halogens is 2. The van der Waals surface area contributed by atoms with Crippen molar-refractivity contribution in [3.8, 4) is 22.5 Å². The molecular formula is C33H24Cl2N6O2. The molecule has 4 heterocycles. The highest BCUT2D eigenvalue weighted by atomic mass is 35.5. The molecule has 3 aromatic heterocycles. The van der Waals surface area contributed by atoms with Gasteiger partial charge in [0.25, 0.3) is 11.6 Å². The van der Waals surface area contributed by atoms with E-state index in [4.69, 9.17) is 38.0 Å². The Morgan fingerprint density at radius 2 is 1.77 bits per heavy atom. The van der Waals surface area contributed by atoms with Gasteiger partial charge in [0.15, 0.2) is 6.29 Å². The van der Waals surface area contributed by atoms with E-state index < -0.39 is 5.72 Å². The Kier molecular flexibility index (Phi) is 6.72. The van der Waals surface area contributed by atoms with Crippen molar-refractivity contribution in [3.63, 3.8) is 0 Å². The summed E-state index contributed by atoms with van der Waals surface area (Å²) in [6.07, 6.45) is 5.86. The van der Waals surface area contributed by atoms with Crippen LogP contribution in [0.15, 0.2) is 109 Å².